The maximum atomic E-state index is 12.9. The van der Waals surface area contributed by atoms with Crippen molar-refractivity contribution >= 4 is 17.6 Å². The Morgan fingerprint density at radius 2 is 1.76 bits per heavy atom. The van der Waals surface area contributed by atoms with Crippen molar-refractivity contribution in [3.63, 3.8) is 0 Å². The van der Waals surface area contributed by atoms with Crippen molar-refractivity contribution in [2.24, 2.45) is 0 Å². The lowest BCUT2D eigenvalue weighted by Crippen LogP contribution is -2.35. The molecule has 0 bridgehead atoms. The Kier molecular flexibility index (Phi) is 5.28. The van der Waals surface area contributed by atoms with E-state index in [9.17, 15) is 14.7 Å². The number of carboxylic acid groups (broad SMARTS) is 1. The zero-order valence-corrected chi connectivity index (χ0v) is 17.2. The summed E-state index contributed by atoms with van der Waals surface area (Å²) >= 11 is 0. The molecule has 0 aliphatic rings. The van der Waals surface area contributed by atoms with Crippen LogP contribution in [0.4, 0.5) is 5.69 Å². The highest BCUT2D eigenvalue weighted by Gasteiger charge is 2.30. The van der Waals surface area contributed by atoms with Gasteiger partial charge >= 0.3 is 5.97 Å². The molecule has 0 fully saturated rings. The van der Waals surface area contributed by atoms with Gasteiger partial charge in [0.1, 0.15) is 0 Å². The van der Waals surface area contributed by atoms with Crippen LogP contribution in [0, 0.1) is 6.92 Å². The highest BCUT2D eigenvalue weighted by atomic mass is 16.4. The summed E-state index contributed by atoms with van der Waals surface area (Å²) in [6.07, 6.45) is 4.49. The number of aromatic nitrogens is 4. The minimum absolute atomic E-state index is 0.0632. The zero-order valence-electron chi connectivity index (χ0n) is 17.2. The molecule has 1 aromatic carbocycles. The molecule has 8 nitrogen and oxygen atoms in total. The Morgan fingerprint density at radius 3 is 2.34 bits per heavy atom. The maximum Gasteiger partial charge on any atom is 0.331 e. The summed E-state index contributed by atoms with van der Waals surface area (Å²) in [5, 5.41) is 20.6. The van der Waals surface area contributed by atoms with Crippen molar-refractivity contribution in [3.8, 4) is 5.69 Å². The van der Waals surface area contributed by atoms with E-state index >= 15 is 0 Å². The van der Waals surface area contributed by atoms with Crippen LogP contribution >= 0.6 is 0 Å². The normalized spacial score (nSPS) is 11.7. The second kappa shape index (κ2) is 7.54. The minimum atomic E-state index is -1.22. The van der Waals surface area contributed by atoms with Gasteiger partial charge in [-0.2, -0.15) is 10.2 Å². The van der Waals surface area contributed by atoms with E-state index < -0.39 is 11.5 Å². The van der Waals surface area contributed by atoms with Crippen LogP contribution in [0.1, 0.15) is 55.2 Å². The standard InChI is InChI=1S/C21H25N5O3/c1-13(2)18-17(11-23-26(18)16-8-6-14(3)7-9-16)19(27)24-15-10-22-25(12-15)21(4,5)20(28)29/h6-13H,1-5H3,(H,24,27)(H,28,29). The molecule has 2 N–H and O–H groups in total. The average molecular weight is 395 g/mol. The van der Waals surface area contributed by atoms with Crippen LogP contribution in [0.2, 0.25) is 0 Å². The van der Waals surface area contributed by atoms with E-state index in [1.54, 1.807) is 10.9 Å². The van der Waals surface area contributed by atoms with Crippen LogP contribution in [0.15, 0.2) is 42.9 Å². The van der Waals surface area contributed by atoms with Crippen molar-refractivity contribution in [3.05, 3.63) is 59.7 Å². The van der Waals surface area contributed by atoms with Crippen LogP contribution in [0.3, 0.4) is 0 Å². The van der Waals surface area contributed by atoms with Crippen molar-refractivity contribution < 1.29 is 14.7 Å². The van der Waals surface area contributed by atoms with Crippen LogP contribution in [0.25, 0.3) is 5.69 Å². The smallest absolute Gasteiger partial charge is 0.331 e. The molecular weight excluding hydrogens is 370 g/mol. The molecule has 0 unspecified atom stereocenters. The zero-order chi connectivity index (χ0) is 21.3. The number of hydrogen-bond acceptors (Lipinski definition) is 4. The SMILES string of the molecule is Cc1ccc(-n2ncc(C(=O)Nc3cnn(C(C)(C)C(=O)O)c3)c2C(C)C)cc1. The number of anilines is 1. The number of carbonyl (C=O) groups is 2. The first-order valence-corrected chi connectivity index (χ1v) is 9.36. The van der Waals surface area contributed by atoms with Crippen molar-refractivity contribution in [1.29, 1.82) is 0 Å². The molecule has 0 atom stereocenters. The minimum Gasteiger partial charge on any atom is -0.479 e. The number of carboxylic acids is 1. The Morgan fingerprint density at radius 1 is 1.10 bits per heavy atom. The lowest BCUT2D eigenvalue weighted by atomic mass is 10.0. The van der Waals surface area contributed by atoms with Gasteiger partial charge in [-0.3, -0.25) is 9.48 Å². The fourth-order valence-electron chi connectivity index (χ4n) is 2.97. The van der Waals surface area contributed by atoms with Gasteiger partial charge in [0.05, 0.1) is 35.0 Å². The number of amides is 1. The number of nitrogens with zero attached hydrogens (tertiary/aromatic N) is 4. The predicted octanol–water partition coefficient (Wildman–Crippen LogP) is 3.57. The first-order chi connectivity index (χ1) is 13.6. The van der Waals surface area contributed by atoms with Crippen molar-refractivity contribution in [1.82, 2.24) is 19.6 Å². The molecule has 1 amide bonds. The molecule has 3 aromatic rings. The third-order valence-electron chi connectivity index (χ3n) is 4.81. The lowest BCUT2D eigenvalue weighted by molar-refractivity contribution is -0.146. The lowest BCUT2D eigenvalue weighted by Gasteiger charge is -2.19. The van der Waals surface area contributed by atoms with E-state index in [0.717, 1.165) is 16.9 Å². The first-order valence-electron chi connectivity index (χ1n) is 9.36. The Labute approximate surface area is 169 Å². The van der Waals surface area contributed by atoms with Crippen LogP contribution in [0.5, 0.6) is 0 Å². The molecule has 0 saturated carbocycles. The monoisotopic (exact) mass is 395 g/mol. The van der Waals surface area contributed by atoms with Gasteiger partial charge in [0, 0.05) is 6.20 Å². The first kappa shape index (κ1) is 20.3. The third-order valence-corrected chi connectivity index (χ3v) is 4.81. The quantitative estimate of drug-likeness (QED) is 0.664. The van der Waals surface area contributed by atoms with Gasteiger partial charge in [-0.15, -0.1) is 0 Å². The highest BCUT2D eigenvalue weighted by molar-refractivity contribution is 6.05. The predicted molar refractivity (Wildman–Crippen MR) is 110 cm³/mol. The van der Waals surface area contributed by atoms with Gasteiger partial charge in [0.25, 0.3) is 5.91 Å². The van der Waals surface area contributed by atoms with E-state index in [4.69, 9.17) is 0 Å². The van der Waals surface area contributed by atoms with Gasteiger partial charge in [-0.25, -0.2) is 9.48 Å². The molecule has 0 saturated heterocycles. The van der Waals surface area contributed by atoms with Crippen LogP contribution < -0.4 is 5.32 Å². The summed E-state index contributed by atoms with van der Waals surface area (Å²) in [7, 11) is 0. The summed E-state index contributed by atoms with van der Waals surface area (Å²) in [5.41, 5.74) is 2.49. The molecule has 8 heteroatoms. The van der Waals surface area contributed by atoms with Gasteiger partial charge in [0.15, 0.2) is 5.54 Å². The molecule has 2 heterocycles. The fraction of sp³-hybridized carbons (Fsp3) is 0.333. The van der Waals surface area contributed by atoms with Gasteiger partial charge < -0.3 is 10.4 Å². The van der Waals surface area contributed by atoms with E-state index in [1.807, 2.05) is 45.0 Å². The Bertz CT molecular complexity index is 1040. The molecule has 0 spiro atoms. The van der Waals surface area contributed by atoms with Crippen LogP contribution in [-0.2, 0) is 10.3 Å². The molecule has 2 aromatic heterocycles. The summed E-state index contributed by atoms with van der Waals surface area (Å²) in [6.45, 7) is 9.10. The summed E-state index contributed by atoms with van der Waals surface area (Å²) in [4.78, 5) is 24.3. The van der Waals surface area contributed by atoms with E-state index in [2.05, 4.69) is 15.5 Å². The van der Waals surface area contributed by atoms with Gasteiger partial charge in [-0.1, -0.05) is 31.5 Å². The number of nitrogens with one attached hydrogen (secondary N) is 1. The van der Waals surface area contributed by atoms with Crippen LogP contribution in [-0.4, -0.2) is 36.5 Å². The summed E-state index contributed by atoms with van der Waals surface area (Å²) < 4.78 is 3.08. The summed E-state index contributed by atoms with van der Waals surface area (Å²) in [5.74, 6) is -1.27. The van der Waals surface area contributed by atoms with Crippen molar-refractivity contribution in [2.75, 3.05) is 5.32 Å². The van der Waals surface area contributed by atoms with E-state index in [-0.39, 0.29) is 11.8 Å². The molecule has 0 aliphatic carbocycles. The number of carbonyl (C=O) groups excluding carboxylic acids is 1. The largest absolute Gasteiger partial charge is 0.479 e. The Hall–Kier alpha value is -3.42. The number of hydrogen-bond donors (Lipinski definition) is 2. The fourth-order valence-corrected chi connectivity index (χ4v) is 2.97. The Balaban J connectivity index is 1.90. The molecule has 29 heavy (non-hydrogen) atoms. The number of aliphatic carboxylic acids is 1. The maximum absolute atomic E-state index is 12.9. The van der Waals surface area contributed by atoms with Gasteiger partial charge in [-0.05, 0) is 38.8 Å². The summed E-state index contributed by atoms with van der Waals surface area (Å²) in [6, 6.07) is 7.93. The molecule has 3 rings (SSSR count). The average Bonchev–Trinajstić information content (AvgIpc) is 3.29. The molecule has 0 radical (unpaired) electrons. The second-order valence-electron chi connectivity index (χ2n) is 7.84. The van der Waals surface area contributed by atoms with Gasteiger partial charge in [0.2, 0.25) is 0 Å². The number of benzene rings is 1. The molecular formula is C21H25N5O3. The van der Waals surface area contributed by atoms with E-state index in [1.165, 1.54) is 30.9 Å². The van der Waals surface area contributed by atoms with Crippen molar-refractivity contribution in [2.45, 2.75) is 46.1 Å². The van der Waals surface area contributed by atoms with E-state index in [0.29, 0.717) is 11.3 Å². The second-order valence-corrected chi connectivity index (χ2v) is 7.84. The molecule has 0 aliphatic heterocycles. The molecule has 152 valence electrons. The number of rotatable bonds is 6. The number of aryl methyl sites for hydroxylation is 1. The topological polar surface area (TPSA) is 102 Å². The third kappa shape index (κ3) is 3.91. The highest BCUT2D eigenvalue weighted by Crippen LogP contribution is 2.25.